The van der Waals surface area contributed by atoms with Gasteiger partial charge in [-0.2, -0.15) is 0 Å². The van der Waals surface area contributed by atoms with Gasteiger partial charge in [-0.25, -0.2) is 0 Å². The second-order valence-electron chi connectivity index (χ2n) is 2.78. The molecule has 0 rings (SSSR count). The van der Waals surface area contributed by atoms with Crippen LogP contribution in [0.5, 0.6) is 0 Å². The van der Waals surface area contributed by atoms with Crippen LogP contribution in [-0.4, -0.2) is 6.54 Å². The molecule has 0 radical (unpaired) electrons. The van der Waals surface area contributed by atoms with E-state index in [1.54, 1.807) is 0 Å². The fourth-order valence-corrected chi connectivity index (χ4v) is 0.661. The molecule has 0 aliphatic rings. The van der Waals surface area contributed by atoms with Crippen molar-refractivity contribution in [2.24, 2.45) is 11.7 Å². The highest BCUT2D eigenvalue weighted by Gasteiger charge is 1.87. The summed E-state index contributed by atoms with van der Waals surface area (Å²) in [6.07, 6.45) is 10.7. The minimum atomic E-state index is 0.692. The SMILES string of the molecule is CCC(C)C=CC=CCCN. The molecule has 0 heterocycles. The number of allylic oxidation sites excluding steroid dienone is 3. The number of rotatable bonds is 5. The summed E-state index contributed by atoms with van der Waals surface area (Å²) >= 11 is 0. The predicted octanol–water partition coefficient (Wildman–Crippen LogP) is 2.49. The van der Waals surface area contributed by atoms with Gasteiger partial charge in [0, 0.05) is 0 Å². The summed E-state index contributed by atoms with van der Waals surface area (Å²) in [4.78, 5) is 0. The van der Waals surface area contributed by atoms with Gasteiger partial charge in [0.25, 0.3) is 0 Å². The summed E-state index contributed by atoms with van der Waals surface area (Å²) in [6, 6.07) is 0. The monoisotopic (exact) mass is 153 g/mol. The molecule has 0 aliphatic heterocycles. The third kappa shape index (κ3) is 7.34. The fraction of sp³-hybridized carbons (Fsp3) is 0.600. The lowest BCUT2D eigenvalue weighted by atomic mass is 10.1. The third-order valence-corrected chi connectivity index (χ3v) is 1.66. The van der Waals surface area contributed by atoms with Crippen molar-refractivity contribution in [1.29, 1.82) is 0 Å². The zero-order valence-electron chi connectivity index (χ0n) is 7.59. The Morgan fingerprint density at radius 3 is 2.64 bits per heavy atom. The maximum atomic E-state index is 5.32. The molecule has 0 amide bonds. The number of hydrogen-bond donors (Lipinski definition) is 1. The van der Waals surface area contributed by atoms with Gasteiger partial charge in [-0.1, -0.05) is 44.6 Å². The van der Waals surface area contributed by atoms with Crippen LogP contribution in [0, 0.1) is 5.92 Å². The molecular weight excluding hydrogens is 134 g/mol. The van der Waals surface area contributed by atoms with Gasteiger partial charge in [0.15, 0.2) is 0 Å². The average molecular weight is 153 g/mol. The smallest absolute Gasteiger partial charge is 0.00425 e. The molecule has 1 atom stereocenters. The van der Waals surface area contributed by atoms with Crippen molar-refractivity contribution in [3.63, 3.8) is 0 Å². The van der Waals surface area contributed by atoms with Crippen molar-refractivity contribution >= 4 is 0 Å². The van der Waals surface area contributed by atoms with E-state index in [2.05, 4.69) is 38.2 Å². The Bertz CT molecular complexity index is 125. The highest BCUT2D eigenvalue weighted by atomic mass is 14.5. The van der Waals surface area contributed by atoms with Gasteiger partial charge in [0.2, 0.25) is 0 Å². The second kappa shape index (κ2) is 7.55. The minimum absolute atomic E-state index is 0.692. The average Bonchev–Trinajstić information content (AvgIpc) is 2.04. The van der Waals surface area contributed by atoms with Crippen molar-refractivity contribution in [3.05, 3.63) is 24.3 Å². The molecule has 1 unspecified atom stereocenters. The van der Waals surface area contributed by atoms with Gasteiger partial charge in [-0.15, -0.1) is 0 Å². The van der Waals surface area contributed by atoms with Gasteiger partial charge >= 0.3 is 0 Å². The molecule has 0 spiro atoms. The van der Waals surface area contributed by atoms with Crippen LogP contribution in [0.2, 0.25) is 0 Å². The lowest BCUT2D eigenvalue weighted by Crippen LogP contribution is -1.94. The minimum Gasteiger partial charge on any atom is -0.330 e. The van der Waals surface area contributed by atoms with E-state index in [-0.39, 0.29) is 0 Å². The molecule has 2 N–H and O–H groups in total. The Balaban J connectivity index is 3.42. The Labute approximate surface area is 70.0 Å². The highest BCUT2D eigenvalue weighted by molar-refractivity contribution is 5.03. The molecule has 0 aromatic heterocycles. The largest absolute Gasteiger partial charge is 0.330 e. The summed E-state index contributed by atoms with van der Waals surface area (Å²) in [6.45, 7) is 5.15. The Morgan fingerprint density at radius 2 is 2.09 bits per heavy atom. The first-order valence-electron chi connectivity index (χ1n) is 4.34. The Hall–Kier alpha value is -0.560. The first kappa shape index (κ1) is 10.4. The van der Waals surface area contributed by atoms with Crippen LogP contribution in [0.3, 0.4) is 0 Å². The predicted molar refractivity (Wildman–Crippen MR) is 51.4 cm³/mol. The van der Waals surface area contributed by atoms with E-state index < -0.39 is 0 Å². The number of hydrogen-bond acceptors (Lipinski definition) is 1. The molecule has 1 nitrogen and oxygen atoms in total. The maximum Gasteiger partial charge on any atom is -0.00425 e. The molecule has 0 aliphatic carbocycles. The van der Waals surface area contributed by atoms with Crippen LogP contribution in [0.25, 0.3) is 0 Å². The van der Waals surface area contributed by atoms with Crippen LogP contribution in [0.1, 0.15) is 26.7 Å². The third-order valence-electron chi connectivity index (χ3n) is 1.66. The lowest BCUT2D eigenvalue weighted by Gasteiger charge is -1.96. The summed E-state index contributed by atoms with van der Waals surface area (Å²) in [5, 5.41) is 0. The van der Waals surface area contributed by atoms with Crippen LogP contribution < -0.4 is 5.73 Å². The fourth-order valence-electron chi connectivity index (χ4n) is 0.661. The van der Waals surface area contributed by atoms with Crippen molar-refractivity contribution in [2.45, 2.75) is 26.7 Å². The molecule has 0 aromatic rings. The maximum absolute atomic E-state index is 5.32. The highest BCUT2D eigenvalue weighted by Crippen LogP contribution is 2.01. The Kier molecular flexibility index (Phi) is 7.16. The lowest BCUT2D eigenvalue weighted by molar-refractivity contribution is 0.698. The first-order chi connectivity index (χ1) is 5.31. The van der Waals surface area contributed by atoms with Crippen LogP contribution >= 0.6 is 0 Å². The van der Waals surface area contributed by atoms with E-state index in [9.17, 15) is 0 Å². The quantitative estimate of drug-likeness (QED) is 0.603. The Morgan fingerprint density at radius 1 is 1.36 bits per heavy atom. The van der Waals surface area contributed by atoms with Gasteiger partial charge < -0.3 is 5.73 Å². The molecule has 1 heteroatoms. The van der Waals surface area contributed by atoms with Crippen LogP contribution in [0.4, 0.5) is 0 Å². The number of nitrogens with two attached hydrogens (primary N) is 1. The van der Waals surface area contributed by atoms with Gasteiger partial charge in [0.05, 0.1) is 0 Å². The van der Waals surface area contributed by atoms with E-state index >= 15 is 0 Å². The van der Waals surface area contributed by atoms with Crippen molar-refractivity contribution < 1.29 is 0 Å². The van der Waals surface area contributed by atoms with Gasteiger partial charge in [0.1, 0.15) is 0 Å². The molecule has 64 valence electrons. The molecule has 11 heavy (non-hydrogen) atoms. The molecular formula is C10H19N. The van der Waals surface area contributed by atoms with E-state index in [4.69, 9.17) is 5.73 Å². The second-order valence-corrected chi connectivity index (χ2v) is 2.78. The van der Waals surface area contributed by atoms with Gasteiger partial charge in [-0.05, 0) is 18.9 Å². The molecule has 0 saturated carbocycles. The molecule has 0 aromatic carbocycles. The van der Waals surface area contributed by atoms with E-state index in [0.29, 0.717) is 5.92 Å². The summed E-state index contributed by atoms with van der Waals surface area (Å²) in [7, 11) is 0. The van der Waals surface area contributed by atoms with E-state index in [1.807, 2.05) is 0 Å². The van der Waals surface area contributed by atoms with E-state index in [0.717, 1.165) is 13.0 Å². The zero-order valence-corrected chi connectivity index (χ0v) is 7.59. The van der Waals surface area contributed by atoms with Crippen molar-refractivity contribution in [1.82, 2.24) is 0 Å². The molecule has 0 fully saturated rings. The zero-order chi connectivity index (χ0) is 8.53. The normalized spacial score (nSPS) is 14.8. The summed E-state index contributed by atoms with van der Waals surface area (Å²) < 4.78 is 0. The molecule has 0 saturated heterocycles. The van der Waals surface area contributed by atoms with Crippen LogP contribution in [0.15, 0.2) is 24.3 Å². The summed E-state index contributed by atoms with van der Waals surface area (Å²) in [5.41, 5.74) is 5.32. The van der Waals surface area contributed by atoms with Crippen molar-refractivity contribution in [3.8, 4) is 0 Å². The van der Waals surface area contributed by atoms with Crippen molar-refractivity contribution in [2.75, 3.05) is 6.54 Å². The summed E-state index contributed by atoms with van der Waals surface area (Å²) in [5.74, 6) is 0.692. The first-order valence-corrected chi connectivity index (χ1v) is 4.34. The van der Waals surface area contributed by atoms with Crippen LogP contribution in [-0.2, 0) is 0 Å². The standard InChI is InChI=1S/C10H19N/c1-3-10(2)8-6-4-5-7-9-11/h4-6,8,10H,3,7,9,11H2,1-2H3. The molecule has 0 bridgehead atoms. The topological polar surface area (TPSA) is 26.0 Å². The van der Waals surface area contributed by atoms with Gasteiger partial charge in [-0.3, -0.25) is 0 Å². The van der Waals surface area contributed by atoms with E-state index in [1.165, 1.54) is 6.42 Å².